The smallest absolute Gasteiger partial charge is 0.160 e. The van der Waals surface area contributed by atoms with Gasteiger partial charge in [-0.05, 0) is 23.6 Å². The van der Waals surface area contributed by atoms with Crippen LogP contribution in [0.2, 0.25) is 0 Å². The molecule has 0 fully saturated rings. The van der Waals surface area contributed by atoms with Gasteiger partial charge in [-0.1, -0.05) is 43.3 Å². The van der Waals surface area contributed by atoms with Gasteiger partial charge in [0.25, 0.3) is 0 Å². The third-order valence-corrected chi connectivity index (χ3v) is 5.17. The zero-order valence-corrected chi connectivity index (χ0v) is 10.6. The predicted octanol–water partition coefficient (Wildman–Crippen LogP) is 2.92. The molecule has 0 nitrogen and oxygen atoms in total. The summed E-state index contributed by atoms with van der Waals surface area (Å²) in [5.41, 5.74) is 3.34. The maximum Gasteiger partial charge on any atom is 0.194 e. The molecular weight excluding hydrogens is 208 g/mol. The summed E-state index contributed by atoms with van der Waals surface area (Å²) < 4.78 is 0. The van der Waals surface area contributed by atoms with Crippen LogP contribution in [0.5, 0.6) is 0 Å². The molecule has 1 unspecified atom stereocenters. The summed E-state index contributed by atoms with van der Waals surface area (Å²) in [6.45, 7) is 6.00. The first kappa shape index (κ1) is 11.5. The highest BCUT2D eigenvalue weighted by Gasteiger charge is 2.09. The van der Waals surface area contributed by atoms with E-state index in [0.29, 0.717) is 0 Å². The lowest BCUT2D eigenvalue weighted by Gasteiger charge is -2.09. The van der Waals surface area contributed by atoms with Crippen LogP contribution in [-0.2, 0) is 6.42 Å². The van der Waals surface area contributed by atoms with Crippen molar-refractivity contribution in [1.82, 2.24) is 0 Å². The van der Waals surface area contributed by atoms with Gasteiger partial charge in [0.05, 0.1) is 0 Å². The number of benzene rings is 1. The van der Waals surface area contributed by atoms with E-state index in [1.165, 1.54) is 23.6 Å². The van der Waals surface area contributed by atoms with Gasteiger partial charge in [-0.25, -0.2) is 0 Å². The van der Waals surface area contributed by atoms with Gasteiger partial charge in [0.2, 0.25) is 0 Å². The van der Waals surface area contributed by atoms with Gasteiger partial charge < -0.3 is 0 Å². The van der Waals surface area contributed by atoms with Crippen molar-refractivity contribution < 1.29 is 0 Å². The van der Waals surface area contributed by atoms with Crippen LogP contribution in [0.4, 0.5) is 0 Å². The molecule has 0 spiro atoms. The molecule has 0 saturated heterocycles. The van der Waals surface area contributed by atoms with Gasteiger partial charge >= 0.3 is 0 Å². The first-order valence-electron chi connectivity index (χ1n) is 5.14. The van der Waals surface area contributed by atoms with Crippen LogP contribution in [0.3, 0.4) is 0 Å². The second kappa shape index (κ2) is 6.05. The monoisotopic (exact) mass is 224 g/mol. The number of hydrogen-bond donors (Lipinski definition) is 0. The van der Waals surface area contributed by atoms with Crippen molar-refractivity contribution in [1.29, 1.82) is 0 Å². The Morgan fingerprint density at radius 1 is 1.43 bits per heavy atom. The lowest BCUT2D eigenvalue weighted by Crippen LogP contribution is -2.25. The van der Waals surface area contributed by atoms with E-state index in [9.17, 15) is 0 Å². The number of aryl methyl sites for hydroxylation is 1. The van der Waals surface area contributed by atoms with Crippen LogP contribution < -0.4 is 5.19 Å². The molecule has 1 aromatic carbocycles. The minimum Gasteiger partial charge on any atom is -0.160 e. The molecule has 0 aromatic heterocycles. The van der Waals surface area contributed by atoms with Crippen molar-refractivity contribution >= 4 is 24.4 Å². The van der Waals surface area contributed by atoms with Crippen LogP contribution in [0.15, 0.2) is 36.5 Å². The SMILES string of the molecule is C=C[SiH](Cl)c1ccccc1CCCC. The predicted molar refractivity (Wildman–Crippen MR) is 67.9 cm³/mol. The Bertz CT molecular complexity index is 296. The third kappa shape index (κ3) is 3.00. The molecular formula is C12H17ClSi. The molecule has 14 heavy (non-hydrogen) atoms. The Hall–Kier alpha value is -0.533. The van der Waals surface area contributed by atoms with Crippen molar-refractivity contribution in [3.8, 4) is 0 Å². The summed E-state index contributed by atoms with van der Waals surface area (Å²) in [5, 5.41) is 1.35. The van der Waals surface area contributed by atoms with Crippen LogP contribution in [0, 0.1) is 0 Å². The van der Waals surface area contributed by atoms with Gasteiger partial charge in [-0.2, -0.15) is 11.1 Å². The summed E-state index contributed by atoms with van der Waals surface area (Å²) >= 11 is 6.30. The fourth-order valence-corrected chi connectivity index (χ4v) is 3.31. The molecule has 0 N–H and O–H groups in total. The number of unbranched alkanes of at least 4 members (excludes halogenated alkanes) is 1. The summed E-state index contributed by atoms with van der Waals surface area (Å²) in [7, 11) is -1.39. The third-order valence-electron chi connectivity index (χ3n) is 2.36. The Morgan fingerprint density at radius 2 is 2.14 bits per heavy atom. The van der Waals surface area contributed by atoms with Gasteiger partial charge in [0.1, 0.15) is 0 Å². The first-order valence-corrected chi connectivity index (χ1v) is 8.13. The molecule has 76 valence electrons. The Balaban J connectivity index is 2.85. The second-order valence-electron chi connectivity index (χ2n) is 3.44. The average Bonchev–Trinajstić information content (AvgIpc) is 2.25. The quantitative estimate of drug-likeness (QED) is 0.533. The standard InChI is InChI=1S/C12H17ClSi/c1-3-5-8-11-9-6-7-10-12(11)14(13)4-2/h4,6-7,9-10,14H,2-3,5,8H2,1H3. The van der Waals surface area contributed by atoms with E-state index in [4.69, 9.17) is 11.1 Å². The van der Waals surface area contributed by atoms with Crippen molar-refractivity contribution in [3.63, 3.8) is 0 Å². The molecule has 0 radical (unpaired) electrons. The van der Waals surface area contributed by atoms with Crippen LogP contribution in [0.25, 0.3) is 0 Å². The molecule has 0 bridgehead atoms. The van der Waals surface area contributed by atoms with Crippen molar-refractivity contribution in [2.45, 2.75) is 26.2 Å². The molecule has 1 aromatic rings. The highest BCUT2D eigenvalue weighted by Crippen LogP contribution is 2.06. The van der Waals surface area contributed by atoms with E-state index in [1.807, 2.05) is 5.70 Å². The molecule has 0 amide bonds. The van der Waals surface area contributed by atoms with Crippen LogP contribution >= 0.6 is 11.1 Å². The highest BCUT2D eigenvalue weighted by atomic mass is 35.6. The largest absolute Gasteiger partial charge is 0.194 e. The Labute approximate surface area is 92.9 Å². The fourth-order valence-electron chi connectivity index (χ4n) is 1.53. The molecule has 2 heteroatoms. The lowest BCUT2D eigenvalue weighted by atomic mass is 10.1. The molecule has 0 aliphatic carbocycles. The summed E-state index contributed by atoms with van der Waals surface area (Å²) in [6, 6.07) is 8.50. The van der Waals surface area contributed by atoms with Crippen molar-refractivity contribution in [3.05, 3.63) is 42.1 Å². The van der Waals surface area contributed by atoms with Gasteiger partial charge in [-0.15, -0.1) is 6.58 Å². The number of rotatable bonds is 5. The molecule has 0 aliphatic rings. The van der Waals surface area contributed by atoms with Gasteiger partial charge in [0, 0.05) is 0 Å². The minimum absolute atomic E-state index is 1.15. The van der Waals surface area contributed by atoms with E-state index in [2.05, 4.69) is 37.8 Å². The van der Waals surface area contributed by atoms with Gasteiger partial charge in [0.15, 0.2) is 8.11 Å². The van der Waals surface area contributed by atoms with E-state index in [1.54, 1.807) is 0 Å². The number of halogens is 1. The van der Waals surface area contributed by atoms with Crippen LogP contribution in [-0.4, -0.2) is 8.11 Å². The number of hydrogen-bond acceptors (Lipinski definition) is 0. The molecule has 0 heterocycles. The van der Waals surface area contributed by atoms with E-state index in [0.717, 1.165) is 6.42 Å². The minimum atomic E-state index is -1.39. The Morgan fingerprint density at radius 3 is 2.79 bits per heavy atom. The van der Waals surface area contributed by atoms with E-state index in [-0.39, 0.29) is 0 Å². The highest BCUT2D eigenvalue weighted by molar-refractivity contribution is 7.17. The Kier molecular flexibility index (Phi) is 4.98. The van der Waals surface area contributed by atoms with Crippen molar-refractivity contribution in [2.24, 2.45) is 0 Å². The van der Waals surface area contributed by atoms with Crippen molar-refractivity contribution in [2.75, 3.05) is 0 Å². The maximum atomic E-state index is 6.30. The zero-order valence-electron chi connectivity index (χ0n) is 8.67. The summed E-state index contributed by atoms with van der Waals surface area (Å²) in [4.78, 5) is 0. The molecule has 1 rings (SSSR count). The van der Waals surface area contributed by atoms with E-state index < -0.39 is 8.11 Å². The fraction of sp³-hybridized carbons (Fsp3) is 0.333. The average molecular weight is 225 g/mol. The van der Waals surface area contributed by atoms with Gasteiger partial charge in [-0.3, -0.25) is 0 Å². The molecule has 0 aliphatic heterocycles. The summed E-state index contributed by atoms with van der Waals surface area (Å²) in [5.74, 6) is 0. The molecule has 1 atom stereocenters. The van der Waals surface area contributed by atoms with E-state index >= 15 is 0 Å². The topological polar surface area (TPSA) is 0 Å². The van der Waals surface area contributed by atoms with Crippen LogP contribution in [0.1, 0.15) is 25.3 Å². The normalized spacial score (nSPS) is 12.4. The summed E-state index contributed by atoms with van der Waals surface area (Å²) in [6.07, 6.45) is 3.62. The first-order chi connectivity index (χ1) is 6.79. The maximum absolute atomic E-state index is 6.30. The molecule has 0 saturated carbocycles. The second-order valence-corrected chi connectivity index (χ2v) is 6.75. The lowest BCUT2D eigenvalue weighted by molar-refractivity contribution is 0.798. The zero-order chi connectivity index (χ0) is 10.4.